The zero-order chi connectivity index (χ0) is 20.2. The molecule has 4 aromatic rings. The number of hydrogen-bond acceptors (Lipinski definition) is 4. The van der Waals surface area contributed by atoms with Gasteiger partial charge in [-0.1, -0.05) is 60.7 Å². The molecular formula is C24H21N3O2. The standard InChI is InChI=1S/C24H21N3O2/c1-28-20-13-18-14-22(27-24(25)17-11-7-4-8-12-17)26-23(16-9-5-3-6-10-16)19(18)15-21(20)29-2/h3-15H,1-2H3,(H2,25,26,27). The normalized spacial score (nSPS) is 11.4. The van der Waals surface area contributed by atoms with Gasteiger partial charge in [-0.3, -0.25) is 0 Å². The molecule has 1 aromatic heterocycles. The predicted molar refractivity (Wildman–Crippen MR) is 117 cm³/mol. The molecule has 3 aromatic carbocycles. The van der Waals surface area contributed by atoms with Gasteiger partial charge in [-0.15, -0.1) is 0 Å². The number of aromatic nitrogens is 1. The number of fused-ring (bicyclic) bond motifs is 1. The van der Waals surface area contributed by atoms with Crippen LogP contribution in [0.25, 0.3) is 22.0 Å². The van der Waals surface area contributed by atoms with Gasteiger partial charge in [0, 0.05) is 16.5 Å². The molecule has 0 atom stereocenters. The second kappa shape index (κ2) is 8.02. The number of hydrogen-bond donors (Lipinski definition) is 1. The van der Waals surface area contributed by atoms with Gasteiger partial charge in [0.2, 0.25) is 0 Å². The van der Waals surface area contributed by atoms with Crippen LogP contribution in [0.2, 0.25) is 0 Å². The zero-order valence-electron chi connectivity index (χ0n) is 16.3. The third-order valence-electron chi connectivity index (χ3n) is 4.67. The summed E-state index contributed by atoms with van der Waals surface area (Å²) in [5, 5.41) is 1.89. The molecule has 0 radical (unpaired) electrons. The number of benzene rings is 3. The largest absolute Gasteiger partial charge is 0.493 e. The molecule has 5 nitrogen and oxygen atoms in total. The molecule has 0 aliphatic carbocycles. The summed E-state index contributed by atoms with van der Waals surface area (Å²) in [7, 11) is 3.24. The number of ether oxygens (including phenoxy) is 2. The molecule has 0 saturated heterocycles. The molecule has 0 unspecified atom stereocenters. The van der Waals surface area contributed by atoms with Crippen LogP contribution < -0.4 is 15.2 Å². The Hall–Kier alpha value is -3.86. The molecule has 144 valence electrons. The summed E-state index contributed by atoms with van der Waals surface area (Å²) in [6, 6.07) is 25.4. The molecule has 1 heterocycles. The maximum atomic E-state index is 6.23. The number of aliphatic imine (C=N–C) groups is 1. The van der Waals surface area contributed by atoms with Crippen LogP contribution in [0.4, 0.5) is 5.82 Å². The topological polar surface area (TPSA) is 69.7 Å². The fourth-order valence-electron chi connectivity index (χ4n) is 3.24. The van der Waals surface area contributed by atoms with E-state index in [9.17, 15) is 0 Å². The highest BCUT2D eigenvalue weighted by molar-refractivity contribution is 6.01. The second-order valence-corrected chi connectivity index (χ2v) is 6.49. The monoisotopic (exact) mass is 383 g/mol. The molecule has 0 spiro atoms. The van der Waals surface area contributed by atoms with Gasteiger partial charge in [0.05, 0.1) is 19.9 Å². The first-order valence-corrected chi connectivity index (χ1v) is 9.21. The van der Waals surface area contributed by atoms with Gasteiger partial charge in [0.15, 0.2) is 17.3 Å². The van der Waals surface area contributed by atoms with E-state index in [1.807, 2.05) is 78.9 Å². The summed E-state index contributed by atoms with van der Waals surface area (Å²) < 4.78 is 11.0. The lowest BCUT2D eigenvalue weighted by atomic mass is 10.0. The van der Waals surface area contributed by atoms with E-state index in [1.54, 1.807) is 14.2 Å². The first kappa shape index (κ1) is 18.5. The number of methoxy groups -OCH3 is 2. The third kappa shape index (κ3) is 3.75. The van der Waals surface area contributed by atoms with Gasteiger partial charge < -0.3 is 15.2 Å². The van der Waals surface area contributed by atoms with Gasteiger partial charge in [-0.05, 0) is 23.6 Å². The van der Waals surface area contributed by atoms with E-state index >= 15 is 0 Å². The Morgan fingerprint density at radius 2 is 1.45 bits per heavy atom. The summed E-state index contributed by atoms with van der Waals surface area (Å²) >= 11 is 0. The minimum absolute atomic E-state index is 0.414. The van der Waals surface area contributed by atoms with E-state index in [0.717, 1.165) is 27.6 Å². The Bertz CT molecular complexity index is 1170. The van der Waals surface area contributed by atoms with Crippen molar-refractivity contribution in [1.82, 2.24) is 4.98 Å². The maximum absolute atomic E-state index is 6.23. The van der Waals surface area contributed by atoms with E-state index in [4.69, 9.17) is 20.2 Å². The Kier molecular flexibility index (Phi) is 5.12. The van der Waals surface area contributed by atoms with Crippen molar-refractivity contribution in [1.29, 1.82) is 0 Å². The van der Waals surface area contributed by atoms with Crippen molar-refractivity contribution in [2.75, 3.05) is 14.2 Å². The van der Waals surface area contributed by atoms with E-state index in [1.165, 1.54) is 0 Å². The highest BCUT2D eigenvalue weighted by atomic mass is 16.5. The van der Waals surface area contributed by atoms with E-state index in [2.05, 4.69) is 4.99 Å². The molecule has 0 bridgehead atoms. The smallest absolute Gasteiger partial charge is 0.161 e. The van der Waals surface area contributed by atoms with E-state index in [0.29, 0.717) is 23.2 Å². The van der Waals surface area contributed by atoms with Crippen LogP contribution in [0.5, 0.6) is 11.5 Å². The first-order chi connectivity index (χ1) is 14.2. The lowest BCUT2D eigenvalue weighted by Gasteiger charge is -2.13. The van der Waals surface area contributed by atoms with Crippen molar-refractivity contribution in [3.05, 3.63) is 84.4 Å². The predicted octanol–water partition coefficient (Wildman–Crippen LogP) is 4.96. The fourth-order valence-corrected chi connectivity index (χ4v) is 3.24. The fraction of sp³-hybridized carbons (Fsp3) is 0.0833. The van der Waals surface area contributed by atoms with Crippen molar-refractivity contribution >= 4 is 22.4 Å². The lowest BCUT2D eigenvalue weighted by Crippen LogP contribution is -2.12. The average Bonchev–Trinajstić information content (AvgIpc) is 2.78. The summed E-state index contributed by atoms with van der Waals surface area (Å²) in [5.41, 5.74) is 8.87. The van der Waals surface area contributed by atoms with Gasteiger partial charge in [-0.2, -0.15) is 0 Å². The molecule has 2 N–H and O–H groups in total. The Morgan fingerprint density at radius 3 is 2.10 bits per heavy atom. The van der Waals surface area contributed by atoms with Crippen LogP contribution in [0.3, 0.4) is 0 Å². The number of nitrogens with zero attached hydrogens (tertiary/aromatic N) is 2. The van der Waals surface area contributed by atoms with Crippen LogP contribution in [0, 0.1) is 0 Å². The van der Waals surface area contributed by atoms with Gasteiger partial charge in [-0.25, -0.2) is 9.98 Å². The van der Waals surface area contributed by atoms with E-state index in [-0.39, 0.29) is 0 Å². The molecule has 0 saturated carbocycles. The van der Waals surface area contributed by atoms with Crippen molar-refractivity contribution in [2.45, 2.75) is 0 Å². The van der Waals surface area contributed by atoms with Crippen molar-refractivity contribution in [2.24, 2.45) is 10.7 Å². The SMILES string of the molecule is COc1cc2cc(N=C(N)c3ccccc3)nc(-c3ccccc3)c2cc1OC. The number of amidine groups is 1. The quantitative estimate of drug-likeness (QED) is 0.391. The molecule has 4 rings (SSSR count). The Balaban J connectivity index is 1.95. The highest BCUT2D eigenvalue weighted by Crippen LogP contribution is 2.37. The maximum Gasteiger partial charge on any atom is 0.161 e. The molecule has 0 fully saturated rings. The molecular weight excluding hydrogens is 362 g/mol. The lowest BCUT2D eigenvalue weighted by molar-refractivity contribution is 0.356. The van der Waals surface area contributed by atoms with Crippen LogP contribution in [-0.2, 0) is 0 Å². The minimum Gasteiger partial charge on any atom is -0.493 e. The zero-order valence-corrected chi connectivity index (χ0v) is 16.3. The minimum atomic E-state index is 0.414. The molecule has 0 aliphatic rings. The van der Waals surface area contributed by atoms with Crippen molar-refractivity contribution in [3.8, 4) is 22.8 Å². The third-order valence-corrected chi connectivity index (χ3v) is 4.67. The first-order valence-electron chi connectivity index (χ1n) is 9.21. The Morgan fingerprint density at radius 1 is 0.828 bits per heavy atom. The summed E-state index contributed by atoms with van der Waals surface area (Å²) in [6.07, 6.45) is 0. The molecule has 29 heavy (non-hydrogen) atoms. The molecule has 0 amide bonds. The van der Waals surface area contributed by atoms with Crippen LogP contribution in [0.1, 0.15) is 5.56 Å². The van der Waals surface area contributed by atoms with Crippen LogP contribution in [-0.4, -0.2) is 25.0 Å². The average molecular weight is 383 g/mol. The number of pyridine rings is 1. The highest BCUT2D eigenvalue weighted by Gasteiger charge is 2.13. The Labute approximate surface area is 169 Å². The summed E-state index contributed by atoms with van der Waals surface area (Å²) in [5.74, 6) is 2.25. The number of rotatable bonds is 5. The van der Waals surface area contributed by atoms with Crippen molar-refractivity contribution < 1.29 is 9.47 Å². The second-order valence-electron chi connectivity index (χ2n) is 6.49. The van der Waals surface area contributed by atoms with E-state index < -0.39 is 0 Å². The van der Waals surface area contributed by atoms with Crippen LogP contribution in [0.15, 0.2) is 83.9 Å². The van der Waals surface area contributed by atoms with Gasteiger partial charge >= 0.3 is 0 Å². The van der Waals surface area contributed by atoms with Gasteiger partial charge in [0.1, 0.15) is 5.84 Å². The molecule has 5 heteroatoms. The van der Waals surface area contributed by atoms with Gasteiger partial charge in [0.25, 0.3) is 0 Å². The van der Waals surface area contributed by atoms with Crippen molar-refractivity contribution in [3.63, 3.8) is 0 Å². The summed E-state index contributed by atoms with van der Waals surface area (Å²) in [6.45, 7) is 0. The molecule has 0 aliphatic heterocycles. The summed E-state index contributed by atoms with van der Waals surface area (Å²) in [4.78, 5) is 9.38. The number of nitrogens with two attached hydrogens (primary N) is 1. The van der Waals surface area contributed by atoms with Crippen LogP contribution >= 0.6 is 0 Å².